The van der Waals surface area contributed by atoms with E-state index in [1.54, 1.807) is 12.5 Å². The summed E-state index contributed by atoms with van der Waals surface area (Å²) in [6.07, 6.45) is 8.44. The molecular formula is C12H15N5. The monoisotopic (exact) mass is 229 g/mol. The highest BCUT2D eigenvalue weighted by molar-refractivity contribution is 4.98. The molecule has 3 rings (SSSR count). The second-order valence-corrected chi connectivity index (χ2v) is 4.36. The molecule has 0 amide bonds. The van der Waals surface area contributed by atoms with Gasteiger partial charge >= 0.3 is 0 Å². The van der Waals surface area contributed by atoms with Crippen molar-refractivity contribution in [2.75, 3.05) is 13.1 Å². The van der Waals surface area contributed by atoms with Gasteiger partial charge in [-0.25, -0.2) is 9.97 Å². The van der Waals surface area contributed by atoms with Gasteiger partial charge in [-0.1, -0.05) is 0 Å². The molecular weight excluding hydrogens is 214 g/mol. The largest absolute Gasteiger partial charge is 0.295 e. The topological polar surface area (TPSA) is 46.8 Å². The maximum Gasteiger partial charge on any atom is 0.115 e. The highest BCUT2D eigenvalue weighted by atomic mass is 15.3. The minimum Gasteiger partial charge on any atom is -0.295 e. The first-order chi connectivity index (χ1) is 8.42. The summed E-state index contributed by atoms with van der Waals surface area (Å²) >= 11 is 0. The van der Waals surface area contributed by atoms with Crippen LogP contribution < -0.4 is 0 Å². The molecule has 5 nitrogen and oxygen atoms in total. The van der Waals surface area contributed by atoms with Gasteiger partial charge in [-0.2, -0.15) is 5.10 Å². The molecule has 3 heterocycles. The van der Waals surface area contributed by atoms with Gasteiger partial charge < -0.3 is 0 Å². The highest BCUT2D eigenvalue weighted by Crippen LogP contribution is 2.21. The number of nitrogens with zero attached hydrogens (tertiary/aromatic N) is 5. The van der Waals surface area contributed by atoms with Gasteiger partial charge in [-0.15, -0.1) is 0 Å². The van der Waals surface area contributed by atoms with Crippen LogP contribution >= 0.6 is 0 Å². The van der Waals surface area contributed by atoms with Crippen molar-refractivity contribution < 1.29 is 0 Å². The van der Waals surface area contributed by atoms with E-state index in [2.05, 4.69) is 24.6 Å². The maximum absolute atomic E-state index is 4.30. The molecule has 0 aromatic carbocycles. The minimum atomic E-state index is 0.506. The van der Waals surface area contributed by atoms with Gasteiger partial charge in [0, 0.05) is 38.2 Å². The van der Waals surface area contributed by atoms with Crippen LogP contribution in [-0.4, -0.2) is 37.7 Å². The van der Waals surface area contributed by atoms with Crippen molar-refractivity contribution in [1.29, 1.82) is 0 Å². The Labute approximate surface area is 100 Å². The second kappa shape index (κ2) is 4.63. The first-order valence-electron chi connectivity index (χ1n) is 5.88. The first-order valence-corrected chi connectivity index (χ1v) is 5.88. The molecule has 0 N–H and O–H groups in total. The summed E-state index contributed by atoms with van der Waals surface area (Å²) in [6, 6.07) is 4.46. The van der Waals surface area contributed by atoms with Crippen LogP contribution in [0.5, 0.6) is 0 Å². The number of aromatic nitrogens is 4. The van der Waals surface area contributed by atoms with Crippen LogP contribution in [0.25, 0.3) is 0 Å². The molecule has 5 heteroatoms. The summed E-state index contributed by atoms with van der Waals surface area (Å²) in [6.45, 7) is 3.06. The summed E-state index contributed by atoms with van der Waals surface area (Å²) in [5.41, 5.74) is 1.08. The normalized spacial score (nSPS) is 20.8. The van der Waals surface area contributed by atoms with Crippen molar-refractivity contribution in [1.82, 2.24) is 24.6 Å². The molecule has 2 aromatic rings. The van der Waals surface area contributed by atoms with E-state index in [0.29, 0.717) is 6.04 Å². The lowest BCUT2D eigenvalue weighted by molar-refractivity contribution is 0.308. The molecule has 0 aliphatic carbocycles. The van der Waals surface area contributed by atoms with E-state index >= 15 is 0 Å². The predicted molar refractivity (Wildman–Crippen MR) is 63.2 cm³/mol. The Morgan fingerprint density at radius 2 is 2.35 bits per heavy atom. The fraction of sp³-hybridized carbons (Fsp3) is 0.417. The van der Waals surface area contributed by atoms with E-state index in [-0.39, 0.29) is 0 Å². The van der Waals surface area contributed by atoms with Crippen molar-refractivity contribution in [3.63, 3.8) is 0 Å². The van der Waals surface area contributed by atoms with E-state index in [4.69, 9.17) is 0 Å². The Kier molecular flexibility index (Phi) is 2.83. The summed E-state index contributed by atoms with van der Waals surface area (Å²) in [7, 11) is 0. The number of rotatable bonds is 3. The van der Waals surface area contributed by atoms with Crippen molar-refractivity contribution in [2.24, 2.45) is 0 Å². The molecule has 0 spiro atoms. The second-order valence-electron chi connectivity index (χ2n) is 4.36. The van der Waals surface area contributed by atoms with Crippen LogP contribution in [0.3, 0.4) is 0 Å². The third kappa shape index (κ3) is 2.34. The number of likely N-dealkylation sites (tertiary alicyclic amines) is 1. The lowest BCUT2D eigenvalue weighted by atomic mass is 10.3. The molecule has 0 saturated carbocycles. The van der Waals surface area contributed by atoms with Crippen LogP contribution in [0.1, 0.15) is 18.2 Å². The third-order valence-electron chi connectivity index (χ3n) is 3.18. The van der Waals surface area contributed by atoms with E-state index < -0.39 is 0 Å². The molecule has 17 heavy (non-hydrogen) atoms. The molecule has 88 valence electrons. The van der Waals surface area contributed by atoms with Gasteiger partial charge in [0.25, 0.3) is 0 Å². The zero-order valence-electron chi connectivity index (χ0n) is 9.61. The number of hydrogen-bond donors (Lipinski definition) is 0. The zero-order valence-corrected chi connectivity index (χ0v) is 9.61. The molecule has 1 fully saturated rings. The summed E-state index contributed by atoms with van der Waals surface area (Å²) in [5, 5.41) is 4.30. The Morgan fingerprint density at radius 3 is 3.12 bits per heavy atom. The van der Waals surface area contributed by atoms with E-state index in [0.717, 1.165) is 31.7 Å². The van der Waals surface area contributed by atoms with Gasteiger partial charge in [0.15, 0.2) is 0 Å². The van der Waals surface area contributed by atoms with Gasteiger partial charge in [0.2, 0.25) is 0 Å². The standard InChI is InChI=1S/C12H15N5/c1-4-15-17(6-1)12-3-7-16(9-12)8-11-2-5-13-10-14-11/h1-2,4-6,10,12H,3,7-9H2. The van der Waals surface area contributed by atoms with Crippen LogP contribution in [0.2, 0.25) is 0 Å². The lowest BCUT2D eigenvalue weighted by Crippen LogP contribution is -2.21. The average molecular weight is 229 g/mol. The molecule has 1 unspecified atom stereocenters. The van der Waals surface area contributed by atoms with Crippen LogP contribution in [-0.2, 0) is 6.54 Å². The highest BCUT2D eigenvalue weighted by Gasteiger charge is 2.24. The van der Waals surface area contributed by atoms with Crippen LogP contribution in [0, 0.1) is 0 Å². The lowest BCUT2D eigenvalue weighted by Gasteiger charge is -2.15. The molecule has 1 aliphatic heterocycles. The predicted octanol–water partition coefficient (Wildman–Crippen LogP) is 1.12. The smallest absolute Gasteiger partial charge is 0.115 e. The molecule has 1 saturated heterocycles. The van der Waals surface area contributed by atoms with Crippen molar-refractivity contribution in [3.8, 4) is 0 Å². The fourth-order valence-corrected chi connectivity index (χ4v) is 2.31. The first kappa shape index (κ1) is 10.4. The average Bonchev–Trinajstić information content (AvgIpc) is 3.00. The maximum atomic E-state index is 4.30. The van der Waals surface area contributed by atoms with Gasteiger partial charge in [-0.05, 0) is 18.6 Å². The zero-order chi connectivity index (χ0) is 11.5. The van der Waals surface area contributed by atoms with E-state index in [1.165, 1.54) is 0 Å². The SMILES string of the molecule is c1cnn(C2CCN(Cc3ccncn3)C2)c1. The Morgan fingerprint density at radius 1 is 1.35 bits per heavy atom. The Balaban J connectivity index is 1.61. The van der Waals surface area contributed by atoms with Crippen LogP contribution in [0.15, 0.2) is 37.1 Å². The van der Waals surface area contributed by atoms with Crippen molar-refractivity contribution in [2.45, 2.75) is 19.0 Å². The summed E-state index contributed by atoms with van der Waals surface area (Å²) in [4.78, 5) is 10.6. The van der Waals surface area contributed by atoms with Crippen molar-refractivity contribution in [3.05, 3.63) is 42.7 Å². The van der Waals surface area contributed by atoms with Gasteiger partial charge in [0.05, 0.1) is 11.7 Å². The Hall–Kier alpha value is -1.75. The molecule has 2 aromatic heterocycles. The van der Waals surface area contributed by atoms with E-state index in [1.807, 2.05) is 24.5 Å². The quantitative estimate of drug-likeness (QED) is 0.791. The number of hydrogen-bond acceptors (Lipinski definition) is 4. The summed E-state index contributed by atoms with van der Waals surface area (Å²) in [5.74, 6) is 0. The van der Waals surface area contributed by atoms with Crippen LogP contribution in [0.4, 0.5) is 0 Å². The molecule has 1 atom stereocenters. The van der Waals surface area contributed by atoms with E-state index in [9.17, 15) is 0 Å². The van der Waals surface area contributed by atoms with Crippen molar-refractivity contribution >= 4 is 0 Å². The molecule has 1 aliphatic rings. The Bertz CT molecular complexity index is 453. The minimum absolute atomic E-state index is 0.506. The molecule has 0 radical (unpaired) electrons. The van der Waals surface area contributed by atoms with Gasteiger partial charge in [-0.3, -0.25) is 9.58 Å². The molecule has 0 bridgehead atoms. The summed E-state index contributed by atoms with van der Waals surface area (Å²) < 4.78 is 2.06. The fourth-order valence-electron chi connectivity index (χ4n) is 2.31. The van der Waals surface area contributed by atoms with Gasteiger partial charge in [0.1, 0.15) is 6.33 Å². The third-order valence-corrected chi connectivity index (χ3v) is 3.18.